The van der Waals surface area contributed by atoms with Crippen molar-refractivity contribution in [2.45, 2.75) is 25.4 Å². The van der Waals surface area contributed by atoms with Gasteiger partial charge < -0.3 is 18.9 Å². The molecule has 0 aliphatic heterocycles. The predicted octanol–water partition coefficient (Wildman–Crippen LogP) is 10.1. The van der Waals surface area contributed by atoms with Crippen molar-refractivity contribution < 1.29 is 80.4 Å². The molecule has 0 N–H and O–H groups in total. The Kier molecular flexibility index (Phi) is 10.7. The molecular weight excluding hydrogens is 846 g/mol. The van der Waals surface area contributed by atoms with Crippen LogP contribution in [0.1, 0.15) is 33.4 Å². The number of hydrogen-bond donors (Lipinski definition) is 0. The van der Waals surface area contributed by atoms with Gasteiger partial charge >= 0.3 is 25.4 Å². The van der Waals surface area contributed by atoms with Crippen LogP contribution in [0.2, 0.25) is 0 Å². The summed E-state index contributed by atoms with van der Waals surface area (Å²) in [7, 11) is 0. The largest absolute Gasteiger partial charge is 0.573 e. The van der Waals surface area contributed by atoms with Crippen LogP contribution >= 0.6 is 0 Å². The highest BCUT2D eigenvalue weighted by molar-refractivity contribution is 6.30. The molecule has 5 rings (SSSR count). The van der Waals surface area contributed by atoms with E-state index >= 15 is 8.78 Å². The Bertz CT molecular complexity index is 2590. The molecule has 0 atom stereocenters. The number of nitrogens with zero attached hydrogens (tertiary/aromatic N) is 6. The molecule has 3 aromatic rings. The number of benzene rings is 3. The fourth-order valence-corrected chi connectivity index (χ4v) is 6.11. The third-order valence-electron chi connectivity index (χ3n) is 7.92. The molecule has 0 spiro atoms. The smallest absolute Gasteiger partial charge is 0.402 e. The Morgan fingerprint density at radius 3 is 0.967 bits per heavy atom. The Morgan fingerprint density at radius 1 is 0.417 bits per heavy atom. The van der Waals surface area contributed by atoms with E-state index in [9.17, 15) is 84.3 Å². The van der Waals surface area contributed by atoms with Gasteiger partial charge in [-0.2, -0.15) is 31.6 Å². The van der Waals surface area contributed by atoms with Crippen LogP contribution in [0.4, 0.5) is 61.5 Å². The number of allylic oxidation sites excluding steroid dienone is 8. The topological polar surface area (TPSA) is 180 Å². The molecule has 0 heterocycles. The van der Waals surface area contributed by atoms with Crippen LogP contribution in [-0.4, -0.2) is 25.4 Å². The van der Waals surface area contributed by atoms with Crippen LogP contribution in [0.25, 0.3) is 33.4 Å². The molecule has 0 bridgehead atoms. The molecule has 0 aromatic heterocycles. The van der Waals surface area contributed by atoms with Gasteiger partial charge in [0.15, 0.2) is 23.0 Å². The van der Waals surface area contributed by atoms with Crippen LogP contribution in [0, 0.1) is 79.6 Å². The van der Waals surface area contributed by atoms with Crippen molar-refractivity contribution in [2.75, 3.05) is 0 Å². The molecule has 24 heteroatoms. The predicted molar refractivity (Wildman–Crippen MR) is 167 cm³/mol. The minimum absolute atomic E-state index is 0.128. The molecular formula is C36H6F14N6O4. The average molecular weight is 852 g/mol. The SMILES string of the molecule is N#CC(C#N)=C1C(c2ccc(OC(F)(F)F)c(OC(F)(F)F)c2)=C(C#N)c2c(F)c3c(c(F)c21)C(=C(C#N)C#N)C(c1ccc(OC(F)(F)F)c(OC(F)(F)F)c1)=C3C#N. The van der Waals surface area contributed by atoms with Gasteiger partial charge in [0.05, 0.1) is 11.1 Å². The summed E-state index contributed by atoms with van der Waals surface area (Å²) in [5.74, 6) is -10.6. The molecule has 0 unspecified atom stereocenters. The lowest BCUT2D eigenvalue weighted by molar-refractivity contribution is -0.287. The van der Waals surface area contributed by atoms with E-state index < -0.39 is 138 Å². The number of fused-ring (bicyclic) bond motifs is 2. The fourth-order valence-electron chi connectivity index (χ4n) is 6.11. The van der Waals surface area contributed by atoms with Gasteiger partial charge in [-0.1, -0.05) is 12.1 Å². The first kappa shape index (κ1) is 42.9. The lowest BCUT2D eigenvalue weighted by Gasteiger charge is -2.18. The van der Waals surface area contributed by atoms with E-state index in [-0.39, 0.29) is 24.3 Å². The summed E-state index contributed by atoms with van der Waals surface area (Å²) < 4.78 is 207. The summed E-state index contributed by atoms with van der Waals surface area (Å²) in [6.07, 6.45) is -22.7. The second kappa shape index (κ2) is 14.9. The maximum absolute atomic E-state index is 17.3. The maximum atomic E-state index is 17.3. The Hall–Kier alpha value is -8.22. The third-order valence-corrected chi connectivity index (χ3v) is 7.92. The highest BCUT2D eigenvalue weighted by atomic mass is 19.4. The number of rotatable bonds is 6. The zero-order valence-electron chi connectivity index (χ0n) is 28.1. The minimum Gasteiger partial charge on any atom is -0.402 e. The van der Waals surface area contributed by atoms with E-state index in [1.54, 1.807) is 0 Å². The fraction of sp³-hybridized carbons (Fsp3) is 0.111. The van der Waals surface area contributed by atoms with Gasteiger partial charge in [-0.05, 0) is 35.4 Å². The highest BCUT2D eigenvalue weighted by Crippen LogP contribution is 2.58. The van der Waals surface area contributed by atoms with E-state index in [0.717, 1.165) is 0 Å². The minimum atomic E-state index is -5.74. The second-order valence-corrected chi connectivity index (χ2v) is 11.3. The molecule has 0 radical (unpaired) electrons. The number of alkyl halides is 12. The van der Waals surface area contributed by atoms with Crippen molar-refractivity contribution in [3.63, 3.8) is 0 Å². The van der Waals surface area contributed by atoms with E-state index in [0.29, 0.717) is 12.1 Å². The zero-order chi connectivity index (χ0) is 44.9. The van der Waals surface area contributed by atoms with Crippen molar-refractivity contribution in [3.8, 4) is 59.4 Å². The van der Waals surface area contributed by atoms with E-state index in [2.05, 4.69) is 18.9 Å². The van der Waals surface area contributed by atoms with Gasteiger partial charge in [-0.25, -0.2) is 8.78 Å². The summed E-state index contributed by atoms with van der Waals surface area (Å²) in [5, 5.41) is 60.0. The molecule has 302 valence electrons. The molecule has 10 nitrogen and oxygen atoms in total. The molecule has 0 saturated heterocycles. The van der Waals surface area contributed by atoms with Gasteiger partial charge in [0.25, 0.3) is 0 Å². The van der Waals surface area contributed by atoms with Gasteiger partial charge in [-0.3, -0.25) is 0 Å². The quantitative estimate of drug-likeness (QED) is 0.171. The molecule has 60 heavy (non-hydrogen) atoms. The summed E-state index contributed by atoms with van der Waals surface area (Å²) in [6, 6.07) is 9.48. The van der Waals surface area contributed by atoms with Crippen LogP contribution in [0.3, 0.4) is 0 Å². The van der Waals surface area contributed by atoms with Crippen molar-refractivity contribution in [1.82, 2.24) is 0 Å². The normalized spacial score (nSPS) is 13.5. The first-order valence-electron chi connectivity index (χ1n) is 15.1. The number of ether oxygens (including phenoxy) is 4. The van der Waals surface area contributed by atoms with Crippen molar-refractivity contribution in [2.24, 2.45) is 0 Å². The molecule has 0 saturated carbocycles. The lowest BCUT2D eigenvalue weighted by atomic mass is 9.88. The Balaban J connectivity index is 1.95. The van der Waals surface area contributed by atoms with E-state index in [1.165, 1.54) is 36.4 Å². The van der Waals surface area contributed by atoms with Gasteiger partial charge in [0.2, 0.25) is 0 Å². The maximum Gasteiger partial charge on any atom is 0.573 e. The molecule has 0 fully saturated rings. The van der Waals surface area contributed by atoms with Gasteiger partial charge in [-0.15, -0.1) is 52.7 Å². The van der Waals surface area contributed by atoms with E-state index in [1.807, 2.05) is 0 Å². The third kappa shape index (κ3) is 7.99. The Labute approximate surface area is 322 Å². The average Bonchev–Trinajstić information content (AvgIpc) is 3.65. The highest BCUT2D eigenvalue weighted by Gasteiger charge is 2.46. The Morgan fingerprint density at radius 2 is 0.700 bits per heavy atom. The van der Waals surface area contributed by atoms with Crippen molar-refractivity contribution >= 4 is 33.4 Å². The van der Waals surface area contributed by atoms with E-state index in [4.69, 9.17) is 0 Å². The molecule has 2 aliphatic rings. The van der Waals surface area contributed by atoms with Crippen molar-refractivity contribution in [1.29, 1.82) is 31.6 Å². The summed E-state index contributed by atoms with van der Waals surface area (Å²) in [5.41, 5.74) is -16.0. The van der Waals surface area contributed by atoms with Crippen LogP contribution in [0.5, 0.6) is 23.0 Å². The molecule has 3 aromatic carbocycles. The number of hydrogen-bond acceptors (Lipinski definition) is 10. The zero-order valence-corrected chi connectivity index (χ0v) is 28.1. The molecule has 2 aliphatic carbocycles. The molecule has 0 amide bonds. The summed E-state index contributed by atoms with van der Waals surface area (Å²) in [4.78, 5) is 0. The van der Waals surface area contributed by atoms with Crippen molar-refractivity contribution in [3.05, 3.63) is 92.6 Å². The summed E-state index contributed by atoms with van der Waals surface area (Å²) in [6.45, 7) is 0. The van der Waals surface area contributed by atoms with Gasteiger partial charge in [0, 0.05) is 44.5 Å². The van der Waals surface area contributed by atoms with Crippen LogP contribution in [0.15, 0.2) is 47.5 Å². The van der Waals surface area contributed by atoms with Crippen LogP contribution in [-0.2, 0) is 0 Å². The van der Waals surface area contributed by atoms with Gasteiger partial charge in [0.1, 0.15) is 59.2 Å². The number of nitriles is 6. The van der Waals surface area contributed by atoms with Crippen LogP contribution < -0.4 is 18.9 Å². The monoisotopic (exact) mass is 852 g/mol. The first-order chi connectivity index (χ1) is 27.8. The lowest BCUT2D eigenvalue weighted by Crippen LogP contribution is -2.21. The number of halogens is 14. The summed E-state index contributed by atoms with van der Waals surface area (Å²) >= 11 is 0. The first-order valence-corrected chi connectivity index (χ1v) is 15.1. The standard InChI is InChI=1S/C36H6F14N6O4/c37-31-27-17(11-55)23(13-1-3-19(57-33(39,40)41)21(5-13)59-35(45,46)47)25(15(7-51)8-52)29(27)32(38)30-26(16(9-53)10-54)24(18(12-56)28(30)31)14-2-4-20(58-34(42,43)44)22(6-14)60-36(48,49)50/h1-6H. The second-order valence-electron chi connectivity index (χ2n) is 11.3.